The van der Waals surface area contributed by atoms with Gasteiger partial charge in [0.05, 0.1) is 16.5 Å². The zero-order chi connectivity index (χ0) is 14.1. The lowest BCUT2D eigenvalue weighted by Crippen LogP contribution is -2.41. The van der Waals surface area contributed by atoms with Crippen LogP contribution >= 0.6 is 15.9 Å². The molecule has 3 unspecified atom stereocenters. The fourth-order valence-electron chi connectivity index (χ4n) is 2.67. The zero-order valence-electron chi connectivity index (χ0n) is 10.8. The number of hydrogen-bond donors (Lipinski definition) is 1. The van der Waals surface area contributed by atoms with Gasteiger partial charge in [0, 0.05) is 6.42 Å². The van der Waals surface area contributed by atoms with E-state index in [0.29, 0.717) is 25.0 Å². The molecule has 1 aromatic rings. The first-order valence-electron chi connectivity index (χ1n) is 6.65. The Labute approximate surface area is 125 Å². The van der Waals surface area contributed by atoms with E-state index in [-0.39, 0.29) is 29.7 Å². The fourth-order valence-corrected chi connectivity index (χ4v) is 3.03. The molecule has 1 N–H and O–H groups in total. The summed E-state index contributed by atoms with van der Waals surface area (Å²) >= 11 is 3.38. The van der Waals surface area contributed by atoms with Crippen molar-refractivity contribution in [3.63, 3.8) is 0 Å². The molecule has 0 spiro atoms. The molecular weight excluding hydrogens is 324 g/mol. The molecule has 0 radical (unpaired) electrons. The number of carbonyl (C=O) groups excluding carboxylic acids is 1. The molecule has 1 fully saturated rings. The van der Waals surface area contributed by atoms with E-state index in [1.807, 2.05) is 18.2 Å². The van der Waals surface area contributed by atoms with Crippen molar-refractivity contribution in [1.29, 1.82) is 0 Å². The lowest BCUT2D eigenvalue weighted by atomic mass is 9.80. The Morgan fingerprint density at radius 3 is 2.90 bits per heavy atom. The average molecular weight is 339 g/mol. The highest BCUT2D eigenvalue weighted by molar-refractivity contribution is 9.10. The highest BCUT2D eigenvalue weighted by Gasteiger charge is 2.40. The number of para-hydroxylation sites is 1. The summed E-state index contributed by atoms with van der Waals surface area (Å²) in [5, 5.41) is 9.62. The summed E-state index contributed by atoms with van der Waals surface area (Å²) in [6.45, 7) is 0. The molecular formula is C15H15BrO4. The Morgan fingerprint density at radius 1 is 1.30 bits per heavy atom. The maximum atomic E-state index is 12.4. The molecule has 2 aliphatic rings. The molecule has 3 rings (SSSR count). The minimum Gasteiger partial charge on any atom is -0.493 e. The molecule has 20 heavy (non-hydrogen) atoms. The molecule has 0 aromatic heterocycles. The van der Waals surface area contributed by atoms with Crippen molar-refractivity contribution in [2.24, 2.45) is 5.92 Å². The van der Waals surface area contributed by atoms with Crippen LogP contribution in [0.2, 0.25) is 0 Å². The maximum absolute atomic E-state index is 12.4. The minimum atomic E-state index is -0.372. The second-order valence-electron chi connectivity index (χ2n) is 5.13. The van der Waals surface area contributed by atoms with Gasteiger partial charge in [0.1, 0.15) is 18.1 Å². The minimum absolute atomic E-state index is 0.0381. The number of Topliss-reactive ketones (excluding diaryl/α,β-unsaturated/α-hetero) is 1. The Kier molecular flexibility index (Phi) is 3.81. The molecule has 1 heterocycles. The number of rotatable bonds is 2. The first kappa shape index (κ1) is 13.6. The van der Waals surface area contributed by atoms with Crippen molar-refractivity contribution in [1.82, 2.24) is 0 Å². The van der Waals surface area contributed by atoms with Gasteiger partial charge in [0.15, 0.2) is 0 Å². The van der Waals surface area contributed by atoms with Gasteiger partial charge in [-0.3, -0.25) is 4.79 Å². The van der Waals surface area contributed by atoms with Gasteiger partial charge in [-0.05, 0) is 40.9 Å². The number of aliphatic hydroxyl groups excluding tert-OH is 1. The topological polar surface area (TPSA) is 55.8 Å². The number of ether oxygens (including phenoxy) is 2. The molecule has 0 amide bonds. The molecule has 1 aliphatic carbocycles. The van der Waals surface area contributed by atoms with Gasteiger partial charge in [-0.15, -0.1) is 0 Å². The molecule has 0 bridgehead atoms. The van der Waals surface area contributed by atoms with E-state index in [1.54, 1.807) is 6.07 Å². The van der Waals surface area contributed by atoms with E-state index < -0.39 is 0 Å². The number of benzene rings is 1. The van der Waals surface area contributed by atoms with E-state index in [4.69, 9.17) is 9.47 Å². The number of ketones is 1. The van der Waals surface area contributed by atoms with Gasteiger partial charge < -0.3 is 14.6 Å². The van der Waals surface area contributed by atoms with E-state index in [2.05, 4.69) is 15.9 Å². The lowest BCUT2D eigenvalue weighted by molar-refractivity contribution is -0.132. The molecule has 5 heteroatoms. The molecule has 1 saturated carbocycles. The fraction of sp³-hybridized carbons (Fsp3) is 0.400. The van der Waals surface area contributed by atoms with Crippen molar-refractivity contribution in [3.8, 4) is 5.75 Å². The molecule has 4 nitrogen and oxygen atoms in total. The summed E-state index contributed by atoms with van der Waals surface area (Å²) in [5.41, 5.74) is 0. The summed E-state index contributed by atoms with van der Waals surface area (Å²) in [7, 11) is 0. The third kappa shape index (κ3) is 2.60. The quantitative estimate of drug-likeness (QED) is 0.900. The highest BCUT2D eigenvalue weighted by Crippen LogP contribution is 2.35. The Hall–Kier alpha value is -1.33. The van der Waals surface area contributed by atoms with Gasteiger partial charge in [0.25, 0.3) is 0 Å². The van der Waals surface area contributed by atoms with Crippen molar-refractivity contribution >= 4 is 21.7 Å². The zero-order valence-corrected chi connectivity index (χ0v) is 12.4. The molecule has 106 valence electrons. The van der Waals surface area contributed by atoms with Crippen molar-refractivity contribution in [2.45, 2.75) is 31.5 Å². The maximum Gasteiger partial charge on any atom is 0.208 e. The summed E-state index contributed by atoms with van der Waals surface area (Å²) in [4.78, 5) is 12.4. The molecule has 1 aromatic carbocycles. The van der Waals surface area contributed by atoms with Crippen LogP contribution in [-0.4, -0.2) is 23.1 Å². The summed E-state index contributed by atoms with van der Waals surface area (Å²) in [5.74, 6) is 0.573. The second-order valence-corrected chi connectivity index (χ2v) is 5.98. The Bertz CT molecular complexity index is 555. The normalized spacial score (nSPS) is 29.2. The van der Waals surface area contributed by atoms with Crippen LogP contribution in [0, 0.1) is 5.92 Å². The largest absolute Gasteiger partial charge is 0.493 e. The van der Waals surface area contributed by atoms with E-state index in [1.165, 1.54) is 6.26 Å². The average Bonchev–Trinajstić information content (AvgIpc) is 2.44. The summed E-state index contributed by atoms with van der Waals surface area (Å²) in [6, 6.07) is 7.36. The van der Waals surface area contributed by atoms with Crippen LogP contribution in [0.15, 0.2) is 40.8 Å². The molecule has 0 saturated heterocycles. The molecule has 3 atom stereocenters. The van der Waals surface area contributed by atoms with Crippen LogP contribution in [0.4, 0.5) is 0 Å². The third-order valence-electron chi connectivity index (χ3n) is 3.75. The van der Waals surface area contributed by atoms with Crippen LogP contribution in [0.1, 0.15) is 19.3 Å². The van der Waals surface area contributed by atoms with Crippen LogP contribution < -0.4 is 4.74 Å². The van der Waals surface area contributed by atoms with E-state index in [0.717, 1.165) is 4.47 Å². The number of aliphatic hydroxyl groups is 1. The van der Waals surface area contributed by atoms with Crippen molar-refractivity contribution < 1.29 is 19.4 Å². The predicted octanol–water partition coefficient (Wildman–Crippen LogP) is 2.80. The SMILES string of the molecule is O=C1C(Oc2ccccc2Br)=COC2CC(O)CCC12. The van der Waals surface area contributed by atoms with Crippen LogP contribution in [0.5, 0.6) is 5.75 Å². The number of fused-ring (bicyclic) bond motifs is 1. The number of hydrogen-bond acceptors (Lipinski definition) is 4. The second kappa shape index (κ2) is 5.58. The third-order valence-corrected chi connectivity index (χ3v) is 4.41. The lowest BCUT2D eigenvalue weighted by Gasteiger charge is -2.35. The van der Waals surface area contributed by atoms with Gasteiger partial charge in [-0.2, -0.15) is 0 Å². The number of carbonyl (C=O) groups is 1. The smallest absolute Gasteiger partial charge is 0.208 e. The predicted molar refractivity (Wildman–Crippen MR) is 76.1 cm³/mol. The standard InChI is InChI=1S/C15H15BrO4/c16-11-3-1-2-4-12(11)20-14-8-19-13-7-9(17)5-6-10(13)15(14)18/h1-4,8-10,13,17H,5-7H2. The van der Waals surface area contributed by atoms with Crippen LogP contribution in [0.3, 0.4) is 0 Å². The summed E-state index contributed by atoms with van der Waals surface area (Å²) in [6.07, 6.45) is 2.57. The van der Waals surface area contributed by atoms with Crippen LogP contribution in [0.25, 0.3) is 0 Å². The van der Waals surface area contributed by atoms with Gasteiger partial charge in [-0.1, -0.05) is 12.1 Å². The summed E-state index contributed by atoms with van der Waals surface area (Å²) < 4.78 is 12.0. The first-order chi connectivity index (χ1) is 9.65. The van der Waals surface area contributed by atoms with E-state index in [9.17, 15) is 9.90 Å². The Morgan fingerprint density at radius 2 is 2.10 bits per heavy atom. The van der Waals surface area contributed by atoms with E-state index >= 15 is 0 Å². The first-order valence-corrected chi connectivity index (χ1v) is 7.44. The highest BCUT2D eigenvalue weighted by atomic mass is 79.9. The monoisotopic (exact) mass is 338 g/mol. The van der Waals surface area contributed by atoms with Crippen molar-refractivity contribution in [3.05, 3.63) is 40.8 Å². The van der Waals surface area contributed by atoms with Gasteiger partial charge in [0.2, 0.25) is 11.5 Å². The van der Waals surface area contributed by atoms with Gasteiger partial charge >= 0.3 is 0 Å². The Balaban J connectivity index is 1.78. The van der Waals surface area contributed by atoms with Crippen molar-refractivity contribution in [2.75, 3.05) is 0 Å². The number of halogens is 1. The van der Waals surface area contributed by atoms with Gasteiger partial charge in [-0.25, -0.2) is 0 Å². The molecule has 1 aliphatic heterocycles. The van der Waals surface area contributed by atoms with Crippen LogP contribution in [-0.2, 0) is 9.53 Å². The number of allylic oxidation sites excluding steroid dienone is 1.